The van der Waals surface area contributed by atoms with E-state index >= 15 is 0 Å². The number of halogens is 1. The van der Waals surface area contributed by atoms with Crippen LogP contribution in [0.25, 0.3) is 0 Å². The summed E-state index contributed by atoms with van der Waals surface area (Å²) in [5.74, 6) is 1.45. The van der Waals surface area contributed by atoms with Crippen molar-refractivity contribution >= 4 is 22.9 Å². The average Bonchev–Trinajstić information content (AvgIpc) is 2.85. The lowest BCUT2D eigenvalue weighted by Crippen LogP contribution is -2.32. The predicted octanol–water partition coefficient (Wildman–Crippen LogP) is 2.64. The first-order valence-corrected chi connectivity index (χ1v) is 6.49. The van der Waals surface area contributed by atoms with Crippen LogP contribution in [0.1, 0.15) is 24.3 Å². The molecule has 1 aromatic heterocycles. The molecule has 0 spiro atoms. The van der Waals surface area contributed by atoms with Crippen molar-refractivity contribution in [2.24, 2.45) is 5.92 Å². The molecule has 78 valence electrons. The lowest BCUT2D eigenvalue weighted by atomic mass is 10.1. The van der Waals surface area contributed by atoms with Crippen LogP contribution in [-0.2, 0) is 6.54 Å². The fourth-order valence-electron chi connectivity index (χ4n) is 2.05. The van der Waals surface area contributed by atoms with Crippen molar-refractivity contribution in [2.75, 3.05) is 5.88 Å². The molecule has 1 aromatic rings. The molecule has 0 aromatic carbocycles. The van der Waals surface area contributed by atoms with E-state index in [1.54, 1.807) is 11.3 Å². The summed E-state index contributed by atoms with van der Waals surface area (Å²) >= 11 is 7.62. The van der Waals surface area contributed by atoms with E-state index < -0.39 is 0 Å². The zero-order chi connectivity index (χ0) is 9.80. The fourth-order valence-corrected chi connectivity index (χ4v) is 2.99. The van der Waals surface area contributed by atoms with Crippen molar-refractivity contribution in [3.8, 4) is 0 Å². The quantitative estimate of drug-likeness (QED) is 0.805. The Morgan fingerprint density at radius 2 is 2.50 bits per heavy atom. The van der Waals surface area contributed by atoms with Crippen LogP contribution in [0.4, 0.5) is 0 Å². The maximum atomic E-state index is 5.91. The monoisotopic (exact) mass is 230 g/mol. The summed E-state index contributed by atoms with van der Waals surface area (Å²) in [6, 6.07) is 0.608. The number of hydrogen-bond donors (Lipinski definition) is 1. The van der Waals surface area contributed by atoms with Crippen LogP contribution in [0.3, 0.4) is 0 Å². The third kappa shape index (κ3) is 2.47. The standard InChI is InChI=1S/C10H15ClN2S/c11-6-8-2-1-3-9(8)13-7-10-12-4-5-14-10/h4-5,8-9,13H,1-3,6-7H2. The third-order valence-electron chi connectivity index (χ3n) is 2.86. The molecule has 4 heteroatoms. The molecule has 2 unspecified atom stereocenters. The molecule has 0 radical (unpaired) electrons. The summed E-state index contributed by atoms with van der Waals surface area (Å²) in [6.07, 6.45) is 5.71. The normalized spacial score (nSPS) is 26.9. The van der Waals surface area contributed by atoms with Gasteiger partial charge in [-0.25, -0.2) is 4.98 Å². The van der Waals surface area contributed by atoms with E-state index in [-0.39, 0.29) is 0 Å². The van der Waals surface area contributed by atoms with Crippen molar-refractivity contribution in [1.82, 2.24) is 10.3 Å². The molecule has 1 saturated carbocycles. The first-order valence-electron chi connectivity index (χ1n) is 5.08. The van der Waals surface area contributed by atoms with Crippen LogP contribution in [0.5, 0.6) is 0 Å². The van der Waals surface area contributed by atoms with Crippen LogP contribution >= 0.6 is 22.9 Å². The topological polar surface area (TPSA) is 24.9 Å². The molecule has 2 nitrogen and oxygen atoms in total. The highest BCUT2D eigenvalue weighted by molar-refractivity contribution is 7.09. The Balaban J connectivity index is 1.80. The number of nitrogens with one attached hydrogen (secondary N) is 1. The van der Waals surface area contributed by atoms with E-state index in [0.29, 0.717) is 12.0 Å². The van der Waals surface area contributed by atoms with Gasteiger partial charge in [-0.05, 0) is 18.8 Å². The molecule has 1 heterocycles. The fraction of sp³-hybridized carbons (Fsp3) is 0.700. The van der Waals surface area contributed by atoms with Gasteiger partial charge in [0.1, 0.15) is 5.01 Å². The first-order chi connectivity index (χ1) is 6.90. The zero-order valence-electron chi connectivity index (χ0n) is 8.08. The van der Waals surface area contributed by atoms with Crippen LogP contribution in [-0.4, -0.2) is 16.9 Å². The van der Waals surface area contributed by atoms with Crippen molar-refractivity contribution in [3.63, 3.8) is 0 Å². The zero-order valence-corrected chi connectivity index (χ0v) is 9.65. The lowest BCUT2D eigenvalue weighted by molar-refractivity contribution is 0.429. The van der Waals surface area contributed by atoms with Gasteiger partial charge in [0.25, 0.3) is 0 Å². The van der Waals surface area contributed by atoms with E-state index in [2.05, 4.69) is 10.3 Å². The highest BCUT2D eigenvalue weighted by atomic mass is 35.5. The second kappa shape index (κ2) is 5.10. The molecule has 0 saturated heterocycles. The second-order valence-corrected chi connectivity index (χ2v) is 5.05. The Bertz CT molecular complexity index is 263. The van der Waals surface area contributed by atoms with E-state index in [4.69, 9.17) is 11.6 Å². The summed E-state index contributed by atoms with van der Waals surface area (Å²) in [6.45, 7) is 0.899. The third-order valence-corrected chi connectivity index (χ3v) is 4.03. The minimum atomic E-state index is 0.608. The molecule has 2 atom stereocenters. The lowest BCUT2D eigenvalue weighted by Gasteiger charge is -2.17. The van der Waals surface area contributed by atoms with Gasteiger partial charge >= 0.3 is 0 Å². The maximum Gasteiger partial charge on any atom is 0.106 e. The minimum Gasteiger partial charge on any atom is -0.307 e. The molecule has 0 aliphatic heterocycles. The molecule has 1 N–H and O–H groups in total. The van der Waals surface area contributed by atoms with Gasteiger partial charge in [0, 0.05) is 30.0 Å². The van der Waals surface area contributed by atoms with Gasteiger partial charge in [-0.1, -0.05) is 6.42 Å². The van der Waals surface area contributed by atoms with E-state index in [9.17, 15) is 0 Å². The highest BCUT2D eigenvalue weighted by Crippen LogP contribution is 2.26. The molecular formula is C10H15ClN2S. The van der Waals surface area contributed by atoms with Crippen molar-refractivity contribution in [2.45, 2.75) is 31.8 Å². The number of thiazole rings is 1. The van der Waals surface area contributed by atoms with Gasteiger partial charge in [0.05, 0.1) is 0 Å². The van der Waals surface area contributed by atoms with Gasteiger partial charge in [-0.2, -0.15) is 0 Å². The first kappa shape index (κ1) is 10.4. The Morgan fingerprint density at radius 3 is 3.21 bits per heavy atom. The maximum absolute atomic E-state index is 5.91. The number of aromatic nitrogens is 1. The van der Waals surface area contributed by atoms with Crippen molar-refractivity contribution < 1.29 is 0 Å². The highest BCUT2D eigenvalue weighted by Gasteiger charge is 2.25. The molecular weight excluding hydrogens is 216 g/mol. The smallest absolute Gasteiger partial charge is 0.106 e. The number of rotatable bonds is 4. The van der Waals surface area contributed by atoms with Gasteiger partial charge in [0.2, 0.25) is 0 Å². The van der Waals surface area contributed by atoms with Crippen LogP contribution in [0, 0.1) is 5.92 Å². The number of alkyl halides is 1. The second-order valence-electron chi connectivity index (χ2n) is 3.76. The van der Waals surface area contributed by atoms with Crippen LogP contribution < -0.4 is 5.32 Å². The van der Waals surface area contributed by atoms with E-state index in [0.717, 1.165) is 12.4 Å². The molecule has 0 bridgehead atoms. The SMILES string of the molecule is ClCC1CCCC1NCc1nccs1. The Kier molecular flexibility index (Phi) is 3.79. The average molecular weight is 231 g/mol. The molecule has 1 aliphatic carbocycles. The van der Waals surface area contributed by atoms with Gasteiger partial charge in [0.15, 0.2) is 0 Å². The Hall–Kier alpha value is -0.120. The van der Waals surface area contributed by atoms with Crippen molar-refractivity contribution in [1.29, 1.82) is 0 Å². The number of hydrogen-bond acceptors (Lipinski definition) is 3. The van der Waals surface area contributed by atoms with Gasteiger partial charge in [-0.3, -0.25) is 0 Å². The summed E-state index contributed by atoms with van der Waals surface area (Å²) < 4.78 is 0. The number of nitrogens with zero attached hydrogens (tertiary/aromatic N) is 1. The molecule has 2 rings (SSSR count). The molecule has 0 amide bonds. The minimum absolute atomic E-state index is 0.608. The summed E-state index contributed by atoms with van der Waals surface area (Å²) in [5.41, 5.74) is 0. The summed E-state index contributed by atoms with van der Waals surface area (Å²) in [4.78, 5) is 4.25. The molecule has 1 fully saturated rings. The van der Waals surface area contributed by atoms with Crippen molar-refractivity contribution in [3.05, 3.63) is 16.6 Å². The molecule has 14 heavy (non-hydrogen) atoms. The van der Waals surface area contributed by atoms with E-state index in [1.165, 1.54) is 24.3 Å². The molecule has 1 aliphatic rings. The predicted molar refractivity (Wildman–Crippen MR) is 60.8 cm³/mol. The summed E-state index contributed by atoms with van der Waals surface area (Å²) in [5, 5.41) is 6.74. The van der Waals surface area contributed by atoms with Gasteiger partial charge < -0.3 is 5.32 Å². The Morgan fingerprint density at radius 1 is 1.57 bits per heavy atom. The largest absolute Gasteiger partial charge is 0.307 e. The summed E-state index contributed by atoms with van der Waals surface area (Å²) in [7, 11) is 0. The van der Waals surface area contributed by atoms with Gasteiger partial charge in [-0.15, -0.1) is 22.9 Å². The van der Waals surface area contributed by atoms with Crippen LogP contribution in [0.15, 0.2) is 11.6 Å². The van der Waals surface area contributed by atoms with Crippen LogP contribution in [0.2, 0.25) is 0 Å². The Labute approximate surface area is 93.7 Å². The van der Waals surface area contributed by atoms with E-state index in [1.807, 2.05) is 11.6 Å².